The zero-order chi connectivity index (χ0) is 28.7. The van der Waals surface area contributed by atoms with Gasteiger partial charge >= 0.3 is 11.1 Å². The van der Waals surface area contributed by atoms with Crippen molar-refractivity contribution in [3.05, 3.63) is 189 Å². The molecule has 4 nitrogen and oxygen atoms in total. The summed E-state index contributed by atoms with van der Waals surface area (Å²) >= 11 is 0. The van der Waals surface area contributed by atoms with Gasteiger partial charge in [0.1, 0.15) is 0 Å². The molecule has 0 fully saturated rings. The third-order valence-electron chi connectivity index (χ3n) is 9.21. The van der Waals surface area contributed by atoms with Crippen LogP contribution in [0.1, 0.15) is 22.3 Å². The van der Waals surface area contributed by atoms with E-state index in [9.17, 15) is 9.59 Å². The molecule has 0 atom stereocenters. The average molecular weight is 553 g/mol. The fourth-order valence-corrected chi connectivity index (χ4v) is 7.56. The van der Waals surface area contributed by atoms with Crippen molar-refractivity contribution in [2.24, 2.45) is 0 Å². The zero-order valence-corrected chi connectivity index (χ0v) is 23.1. The van der Waals surface area contributed by atoms with Gasteiger partial charge in [0.15, 0.2) is 0 Å². The molecule has 4 heteroatoms. The lowest BCUT2D eigenvalue weighted by atomic mass is 9.70. The van der Waals surface area contributed by atoms with Crippen molar-refractivity contribution in [2.45, 2.75) is 5.41 Å². The monoisotopic (exact) mass is 552 g/mol. The molecule has 0 radical (unpaired) electrons. The first-order valence-electron chi connectivity index (χ1n) is 14.5. The van der Waals surface area contributed by atoms with E-state index in [1.165, 1.54) is 37.9 Å². The minimum absolute atomic E-state index is 0.534. The topological polar surface area (TPSA) is 44.0 Å². The number of para-hydroxylation sites is 3. The van der Waals surface area contributed by atoms with Crippen molar-refractivity contribution >= 4 is 11.0 Å². The van der Waals surface area contributed by atoms with Gasteiger partial charge in [-0.2, -0.15) is 0 Å². The molecule has 7 aromatic rings. The second kappa shape index (κ2) is 8.63. The Morgan fingerprint density at radius 2 is 0.791 bits per heavy atom. The van der Waals surface area contributed by atoms with Gasteiger partial charge in [0.25, 0.3) is 0 Å². The fourth-order valence-electron chi connectivity index (χ4n) is 7.56. The van der Waals surface area contributed by atoms with E-state index in [-0.39, 0.29) is 0 Å². The largest absolute Gasteiger partial charge is 0.321 e. The van der Waals surface area contributed by atoms with Gasteiger partial charge in [0.05, 0.1) is 16.4 Å². The summed E-state index contributed by atoms with van der Waals surface area (Å²) in [6.45, 7) is 0. The first-order chi connectivity index (χ1) is 21.2. The summed E-state index contributed by atoms with van der Waals surface area (Å²) in [4.78, 5) is 27.8. The standard InChI is InChI=1S/C39H24N2O2/c42-37-38(43)41(36-21-11-10-20-35(36)40(37)25-12-2-1-3-13-25)26-22-23-30-29-16-6-9-19-33(29)39(34(30)24-26)31-17-7-4-14-27(31)28-15-5-8-18-32(28)39/h1-24H. The van der Waals surface area contributed by atoms with Crippen LogP contribution in [0.25, 0.3) is 44.7 Å². The summed E-state index contributed by atoms with van der Waals surface area (Å²) in [5.74, 6) is 0. The number of fused-ring (bicyclic) bond motifs is 11. The van der Waals surface area contributed by atoms with Gasteiger partial charge < -0.3 is 0 Å². The molecule has 0 amide bonds. The number of hydrogen-bond donors (Lipinski definition) is 0. The summed E-state index contributed by atoms with van der Waals surface area (Å²) in [5, 5.41) is 0. The number of nitrogens with zero attached hydrogens (tertiary/aromatic N) is 2. The Labute approximate surface area is 247 Å². The van der Waals surface area contributed by atoms with Gasteiger partial charge in [-0.05, 0) is 80.9 Å². The second-order valence-electron chi connectivity index (χ2n) is 11.2. The third kappa shape index (κ3) is 2.99. The van der Waals surface area contributed by atoms with Crippen LogP contribution in [0.3, 0.4) is 0 Å². The molecule has 6 aromatic carbocycles. The highest BCUT2D eigenvalue weighted by Crippen LogP contribution is 2.62. The Morgan fingerprint density at radius 1 is 0.372 bits per heavy atom. The number of hydrogen-bond acceptors (Lipinski definition) is 2. The molecule has 2 aliphatic carbocycles. The van der Waals surface area contributed by atoms with E-state index < -0.39 is 16.5 Å². The van der Waals surface area contributed by atoms with Crippen LogP contribution in [0.15, 0.2) is 155 Å². The van der Waals surface area contributed by atoms with Gasteiger partial charge in [0.2, 0.25) is 0 Å². The summed E-state index contributed by atoms with van der Waals surface area (Å²) in [7, 11) is 0. The van der Waals surface area contributed by atoms with E-state index in [1.54, 1.807) is 4.57 Å². The smallest absolute Gasteiger partial charge is 0.271 e. The van der Waals surface area contributed by atoms with Crippen LogP contribution in [0.5, 0.6) is 0 Å². The van der Waals surface area contributed by atoms with Crippen LogP contribution in [0.2, 0.25) is 0 Å². The van der Waals surface area contributed by atoms with Gasteiger partial charge in [-0.1, -0.05) is 109 Å². The minimum atomic E-state index is -0.584. The summed E-state index contributed by atoms with van der Waals surface area (Å²) in [5.41, 5.74) is 10.6. The quantitative estimate of drug-likeness (QED) is 0.209. The molecule has 2 aliphatic rings. The molecule has 0 saturated heterocycles. The van der Waals surface area contributed by atoms with Gasteiger partial charge in [-0.3, -0.25) is 18.7 Å². The molecule has 1 heterocycles. The second-order valence-corrected chi connectivity index (χ2v) is 11.2. The summed E-state index contributed by atoms with van der Waals surface area (Å²) in [6.07, 6.45) is 0. The Hall–Kier alpha value is -5.74. The van der Waals surface area contributed by atoms with Gasteiger partial charge in [-0.25, -0.2) is 0 Å². The molecular weight excluding hydrogens is 528 g/mol. The van der Waals surface area contributed by atoms with Crippen molar-refractivity contribution in [1.82, 2.24) is 9.13 Å². The summed E-state index contributed by atoms with van der Waals surface area (Å²) < 4.78 is 3.10. The van der Waals surface area contributed by atoms with Gasteiger partial charge in [-0.15, -0.1) is 0 Å². The lowest BCUT2D eigenvalue weighted by Gasteiger charge is -2.30. The van der Waals surface area contributed by atoms with Crippen LogP contribution < -0.4 is 11.1 Å². The predicted octanol–water partition coefficient (Wildman–Crippen LogP) is 7.49. The molecule has 9 rings (SSSR count). The highest BCUT2D eigenvalue weighted by atomic mass is 16.2. The number of rotatable bonds is 2. The van der Waals surface area contributed by atoms with Crippen molar-refractivity contribution in [3.63, 3.8) is 0 Å². The predicted molar refractivity (Wildman–Crippen MR) is 171 cm³/mol. The maximum atomic E-state index is 14.0. The molecule has 1 aromatic heterocycles. The molecule has 0 N–H and O–H groups in total. The van der Waals surface area contributed by atoms with E-state index in [0.717, 1.165) is 11.1 Å². The van der Waals surface area contributed by atoms with E-state index in [2.05, 4.69) is 84.9 Å². The van der Waals surface area contributed by atoms with Crippen molar-refractivity contribution < 1.29 is 0 Å². The summed E-state index contributed by atoms with van der Waals surface area (Å²) in [6, 6.07) is 49.1. The first kappa shape index (κ1) is 23.9. The Bertz CT molecular complexity index is 2340. The Balaban J connectivity index is 1.39. The van der Waals surface area contributed by atoms with Crippen LogP contribution in [0.4, 0.5) is 0 Å². The highest BCUT2D eigenvalue weighted by Gasteiger charge is 2.51. The molecule has 0 unspecified atom stereocenters. The zero-order valence-electron chi connectivity index (χ0n) is 23.1. The first-order valence-corrected chi connectivity index (χ1v) is 14.5. The van der Waals surface area contributed by atoms with Crippen LogP contribution >= 0.6 is 0 Å². The van der Waals surface area contributed by atoms with Crippen molar-refractivity contribution in [3.8, 4) is 33.6 Å². The molecule has 1 spiro atoms. The molecule has 0 saturated carbocycles. The minimum Gasteiger partial charge on any atom is -0.271 e. The number of benzene rings is 6. The van der Waals surface area contributed by atoms with E-state index in [0.29, 0.717) is 22.4 Å². The highest BCUT2D eigenvalue weighted by molar-refractivity contribution is 5.95. The van der Waals surface area contributed by atoms with E-state index in [1.807, 2.05) is 60.7 Å². The van der Waals surface area contributed by atoms with Crippen LogP contribution in [0, 0.1) is 0 Å². The average Bonchev–Trinajstić information content (AvgIpc) is 3.53. The lowest BCUT2D eigenvalue weighted by Crippen LogP contribution is -2.40. The normalized spacial score (nSPS) is 13.5. The Kier molecular flexibility index (Phi) is 4.80. The SMILES string of the molecule is O=c1c(=O)n(-c2ccc3c(c2)C2(c4ccccc4-c4ccccc42)c2ccccc2-3)c2ccccc2n1-c1ccccc1. The van der Waals surface area contributed by atoms with Gasteiger partial charge in [0, 0.05) is 11.4 Å². The van der Waals surface area contributed by atoms with E-state index >= 15 is 0 Å². The van der Waals surface area contributed by atoms with Crippen molar-refractivity contribution in [2.75, 3.05) is 0 Å². The molecule has 0 bridgehead atoms. The molecular formula is C39H24N2O2. The Morgan fingerprint density at radius 3 is 1.33 bits per heavy atom. The maximum absolute atomic E-state index is 14.0. The lowest BCUT2D eigenvalue weighted by molar-refractivity contribution is 0.791. The maximum Gasteiger partial charge on any atom is 0.321 e. The van der Waals surface area contributed by atoms with Crippen molar-refractivity contribution in [1.29, 1.82) is 0 Å². The molecule has 0 aliphatic heterocycles. The van der Waals surface area contributed by atoms with Crippen LogP contribution in [-0.2, 0) is 5.41 Å². The van der Waals surface area contributed by atoms with E-state index in [4.69, 9.17) is 0 Å². The number of aromatic nitrogens is 2. The van der Waals surface area contributed by atoms with Crippen LogP contribution in [-0.4, -0.2) is 9.13 Å². The third-order valence-corrected chi connectivity index (χ3v) is 9.21. The fraction of sp³-hybridized carbons (Fsp3) is 0.0256. The molecule has 43 heavy (non-hydrogen) atoms. The molecule has 202 valence electrons.